The third-order valence-electron chi connectivity index (χ3n) is 2.30. The van der Waals surface area contributed by atoms with Crippen LogP contribution in [0.5, 0.6) is 5.75 Å². The van der Waals surface area contributed by atoms with Crippen molar-refractivity contribution in [3.63, 3.8) is 0 Å². The number of benzene rings is 1. The normalized spacial score (nSPS) is 12.8. The SMILES string of the molecule is COCC(C)NCc1cc(Br)ccc1OC(F)F. The Kier molecular flexibility index (Phi) is 6.52. The minimum Gasteiger partial charge on any atom is -0.434 e. The molecule has 0 bridgehead atoms. The summed E-state index contributed by atoms with van der Waals surface area (Å²) in [5.41, 5.74) is 0.674. The van der Waals surface area contributed by atoms with E-state index in [-0.39, 0.29) is 11.8 Å². The van der Waals surface area contributed by atoms with Gasteiger partial charge in [-0.05, 0) is 25.1 Å². The molecule has 0 heterocycles. The van der Waals surface area contributed by atoms with Crippen LogP contribution in [0.2, 0.25) is 0 Å². The van der Waals surface area contributed by atoms with Crippen molar-refractivity contribution in [3.8, 4) is 5.75 Å². The fraction of sp³-hybridized carbons (Fsp3) is 0.500. The molecule has 0 aromatic heterocycles. The average Bonchev–Trinajstić information content (AvgIpc) is 2.29. The lowest BCUT2D eigenvalue weighted by Crippen LogP contribution is -2.29. The molecule has 1 atom stereocenters. The molecule has 1 aromatic carbocycles. The number of halogens is 3. The van der Waals surface area contributed by atoms with Gasteiger partial charge in [-0.25, -0.2) is 0 Å². The zero-order valence-electron chi connectivity index (χ0n) is 10.3. The summed E-state index contributed by atoms with van der Waals surface area (Å²) in [7, 11) is 1.61. The second-order valence-electron chi connectivity index (χ2n) is 3.87. The Morgan fingerprint density at radius 3 is 2.72 bits per heavy atom. The molecule has 0 spiro atoms. The van der Waals surface area contributed by atoms with Crippen molar-refractivity contribution in [1.29, 1.82) is 0 Å². The van der Waals surface area contributed by atoms with E-state index in [0.717, 1.165) is 4.47 Å². The van der Waals surface area contributed by atoms with Gasteiger partial charge < -0.3 is 14.8 Å². The van der Waals surface area contributed by atoms with Crippen molar-refractivity contribution in [3.05, 3.63) is 28.2 Å². The lowest BCUT2D eigenvalue weighted by atomic mass is 10.2. The number of rotatable bonds is 7. The van der Waals surface area contributed by atoms with Gasteiger partial charge in [0.2, 0.25) is 0 Å². The molecule has 0 saturated carbocycles. The Labute approximate surface area is 114 Å². The highest BCUT2D eigenvalue weighted by molar-refractivity contribution is 9.10. The second kappa shape index (κ2) is 7.66. The highest BCUT2D eigenvalue weighted by Gasteiger charge is 2.11. The molecule has 0 amide bonds. The quantitative estimate of drug-likeness (QED) is 0.836. The predicted molar refractivity (Wildman–Crippen MR) is 69.0 cm³/mol. The van der Waals surface area contributed by atoms with E-state index in [1.807, 2.05) is 6.92 Å². The summed E-state index contributed by atoms with van der Waals surface area (Å²) in [4.78, 5) is 0. The number of methoxy groups -OCH3 is 1. The van der Waals surface area contributed by atoms with Crippen LogP contribution in [-0.2, 0) is 11.3 Å². The van der Waals surface area contributed by atoms with E-state index >= 15 is 0 Å². The molecule has 1 N–H and O–H groups in total. The smallest absolute Gasteiger partial charge is 0.387 e. The molecule has 1 aromatic rings. The monoisotopic (exact) mass is 323 g/mol. The number of hydrogen-bond acceptors (Lipinski definition) is 3. The van der Waals surface area contributed by atoms with E-state index < -0.39 is 6.61 Å². The number of hydrogen-bond donors (Lipinski definition) is 1. The van der Waals surface area contributed by atoms with Gasteiger partial charge in [-0.3, -0.25) is 0 Å². The van der Waals surface area contributed by atoms with Crippen LogP contribution >= 0.6 is 15.9 Å². The minimum absolute atomic E-state index is 0.133. The molecule has 0 radical (unpaired) electrons. The number of ether oxygens (including phenoxy) is 2. The van der Waals surface area contributed by atoms with Gasteiger partial charge in [-0.15, -0.1) is 0 Å². The Bertz CT molecular complexity index is 377. The van der Waals surface area contributed by atoms with Crippen molar-refractivity contribution in [2.45, 2.75) is 26.1 Å². The average molecular weight is 324 g/mol. The summed E-state index contributed by atoms with van der Waals surface area (Å²) in [5.74, 6) is 0.185. The molecule has 0 aliphatic rings. The van der Waals surface area contributed by atoms with Crippen molar-refractivity contribution < 1.29 is 18.3 Å². The maximum absolute atomic E-state index is 12.2. The maximum Gasteiger partial charge on any atom is 0.387 e. The van der Waals surface area contributed by atoms with Gasteiger partial charge in [0.1, 0.15) is 5.75 Å². The van der Waals surface area contributed by atoms with Gasteiger partial charge in [0.05, 0.1) is 6.61 Å². The highest BCUT2D eigenvalue weighted by atomic mass is 79.9. The zero-order valence-corrected chi connectivity index (χ0v) is 11.8. The van der Waals surface area contributed by atoms with Gasteiger partial charge in [0.25, 0.3) is 0 Å². The predicted octanol–water partition coefficient (Wildman–Crippen LogP) is 3.18. The largest absolute Gasteiger partial charge is 0.434 e. The summed E-state index contributed by atoms with van der Waals surface area (Å²) < 4.78 is 34.8. The fourth-order valence-electron chi connectivity index (χ4n) is 1.49. The molecule has 6 heteroatoms. The van der Waals surface area contributed by atoms with Crippen molar-refractivity contribution in [2.24, 2.45) is 0 Å². The molecule has 18 heavy (non-hydrogen) atoms. The van der Waals surface area contributed by atoms with Crippen LogP contribution in [0, 0.1) is 0 Å². The molecule has 0 fully saturated rings. The molecular formula is C12H16BrF2NO2. The Hall–Kier alpha value is -0.720. The van der Waals surface area contributed by atoms with E-state index in [0.29, 0.717) is 18.7 Å². The van der Waals surface area contributed by atoms with Crippen molar-refractivity contribution >= 4 is 15.9 Å². The lowest BCUT2D eigenvalue weighted by molar-refractivity contribution is -0.0505. The summed E-state index contributed by atoms with van der Waals surface area (Å²) >= 11 is 3.30. The van der Waals surface area contributed by atoms with E-state index in [4.69, 9.17) is 4.74 Å². The van der Waals surface area contributed by atoms with Crippen LogP contribution in [-0.4, -0.2) is 26.4 Å². The molecule has 3 nitrogen and oxygen atoms in total. The van der Waals surface area contributed by atoms with Gasteiger partial charge in [0, 0.05) is 29.7 Å². The van der Waals surface area contributed by atoms with Crippen LogP contribution in [0.1, 0.15) is 12.5 Å². The van der Waals surface area contributed by atoms with E-state index in [2.05, 4.69) is 26.0 Å². The topological polar surface area (TPSA) is 30.5 Å². The molecule has 1 unspecified atom stereocenters. The van der Waals surface area contributed by atoms with E-state index in [9.17, 15) is 8.78 Å². The van der Waals surface area contributed by atoms with E-state index in [1.165, 1.54) is 6.07 Å². The van der Waals surface area contributed by atoms with Gasteiger partial charge in [-0.2, -0.15) is 8.78 Å². The first-order chi connectivity index (χ1) is 8.52. The van der Waals surface area contributed by atoms with E-state index in [1.54, 1.807) is 19.2 Å². The third-order valence-corrected chi connectivity index (χ3v) is 2.79. The molecule has 1 rings (SSSR count). The summed E-state index contributed by atoms with van der Waals surface area (Å²) in [6.45, 7) is 0.126. The zero-order chi connectivity index (χ0) is 13.5. The van der Waals surface area contributed by atoms with Gasteiger partial charge in [-0.1, -0.05) is 15.9 Å². The molecule has 0 aliphatic carbocycles. The standard InChI is InChI=1S/C12H16BrF2NO2/c1-8(7-17-2)16-6-9-5-10(13)3-4-11(9)18-12(14)15/h3-5,8,12,16H,6-7H2,1-2H3. The summed E-state index contributed by atoms with van der Waals surface area (Å²) in [5, 5.41) is 3.17. The first-order valence-electron chi connectivity index (χ1n) is 5.48. The van der Waals surface area contributed by atoms with Crippen LogP contribution in [0.3, 0.4) is 0 Å². The molecule has 102 valence electrons. The van der Waals surface area contributed by atoms with Crippen LogP contribution in [0.4, 0.5) is 8.78 Å². The molecule has 0 aliphatic heterocycles. The Morgan fingerprint density at radius 2 is 2.11 bits per heavy atom. The van der Waals surface area contributed by atoms with Crippen LogP contribution in [0.25, 0.3) is 0 Å². The number of nitrogens with one attached hydrogen (secondary N) is 1. The first kappa shape index (κ1) is 15.3. The van der Waals surface area contributed by atoms with Gasteiger partial charge >= 0.3 is 6.61 Å². The lowest BCUT2D eigenvalue weighted by Gasteiger charge is -2.15. The van der Waals surface area contributed by atoms with Crippen LogP contribution < -0.4 is 10.1 Å². The third kappa shape index (κ3) is 5.29. The highest BCUT2D eigenvalue weighted by Crippen LogP contribution is 2.24. The molecular weight excluding hydrogens is 308 g/mol. The van der Waals surface area contributed by atoms with Crippen molar-refractivity contribution in [2.75, 3.05) is 13.7 Å². The van der Waals surface area contributed by atoms with Gasteiger partial charge in [0.15, 0.2) is 0 Å². The number of alkyl halides is 2. The summed E-state index contributed by atoms with van der Waals surface area (Å²) in [6, 6.07) is 5.08. The first-order valence-corrected chi connectivity index (χ1v) is 6.27. The van der Waals surface area contributed by atoms with Crippen LogP contribution in [0.15, 0.2) is 22.7 Å². The second-order valence-corrected chi connectivity index (χ2v) is 4.78. The molecule has 0 saturated heterocycles. The minimum atomic E-state index is -2.82. The van der Waals surface area contributed by atoms with Crippen molar-refractivity contribution in [1.82, 2.24) is 5.32 Å². The Balaban J connectivity index is 2.69. The maximum atomic E-state index is 12.2. The summed E-state index contributed by atoms with van der Waals surface area (Å²) in [6.07, 6.45) is 0. The Morgan fingerprint density at radius 1 is 1.39 bits per heavy atom. The fourth-order valence-corrected chi connectivity index (χ4v) is 1.90.